The summed E-state index contributed by atoms with van der Waals surface area (Å²) in [4.78, 5) is 10.8. The third kappa shape index (κ3) is 1.66. The third-order valence-electron chi connectivity index (χ3n) is 3.79. The summed E-state index contributed by atoms with van der Waals surface area (Å²) in [6.45, 7) is 5.92. The molecule has 0 saturated carbocycles. The first kappa shape index (κ1) is 11.6. The van der Waals surface area contributed by atoms with E-state index in [4.69, 9.17) is 9.47 Å². The summed E-state index contributed by atoms with van der Waals surface area (Å²) in [5.74, 6) is -0.117. The zero-order valence-corrected chi connectivity index (χ0v) is 9.90. The van der Waals surface area contributed by atoms with Gasteiger partial charge in [-0.05, 0) is 25.0 Å². The molecule has 1 fully saturated rings. The molecule has 16 heavy (non-hydrogen) atoms. The van der Waals surface area contributed by atoms with Gasteiger partial charge in [-0.1, -0.05) is 0 Å². The maximum atomic E-state index is 10.8. The molecule has 90 valence electrons. The summed E-state index contributed by atoms with van der Waals surface area (Å²) in [6.07, 6.45) is 0.0251. The molecule has 0 amide bonds. The topological polar surface area (TPSA) is 55.8 Å². The zero-order valence-electron chi connectivity index (χ0n) is 9.90. The smallest absolute Gasteiger partial charge is 0.302 e. The highest BCUT2D eigenvalue weighted by Gasteiger charge is 2.51. The lowest BCUT2D eigenvalue weighted by atomic mass is 9.77. The van der Waals surface area contributed by atoms with Crippen LogP contribution in [0.3, 0.4) is 0 Å². The Bertz CT molecular complexity index is 334. The zero-order chi connectivity index (χ0) is 11.9. The van der Waals surface area contributed by atoms with Gasteiger partial charge < -0.3 is 14.6 Å². The van der Waals surface area contributed by atoms with Crippen molar-refractivity contribution in [1.82, 2.24) is 0 Å². The summed E-state index contributed by atoms with van der Waals surface area (Å²) in [5, 5.41) is 9.38. The average Bonchev–Trinajstić information content (AvgIpc) is 2.73. The SMILES string of the molecule is CC(=O)OCC1C(CO)C2O[C@@H]1C(C)=C2C. The van der Waals surface area contributed by atoms with Gasteiger partial charge in [0.2, 0.25) is 0 Å². The largest absolute Gasteiger partial charge is 0.465 e. The van der Waals surface area contributed by atoms with Crippen LogP contribution in [0.4, 0.5) is 0 Å². The number of carbonyl (C=O) groups excluding carboxylic acids is 1. The molecule has 2 rings (SSSR count). The fourth-order valence-electron chi connectivity index (χ4n) is 2.76. The van der Waals surface area contributed by atoms with Crippen LogP contribution in [0.25, 0.3) is 0 Å². The van der Waals surface area contributed by atoms with Crippen molar-refractivity contribution in [1.29, 1.82) is 0 Å². The van der Waals surface area contributed by atoms with Gasteiger partial charge in [0.15, 0.2) is 0 Å². The summed E-state index contributed by atoms with van der Waals surface area (Å²) in [6, 6.07) is 0. The maximum absolute atomic E-state index is 10.8. The van der Waals surface area contributed by atoms with E-state index in [1.54, 1.807) is 0 Å². The molecule has 1 N–H and O–H groups in total. The molecular formula is C12H18O4. The first-order chi connectivity index (χ1) is 7.56. The van der Waals surface area contributed by atoms with Crippen LogP contribution in [-0.4, -0.2) is 36.5 Å². The molecule has 0 aromatic heterocycles. The summed E-state index contributed by atoms with van der Waals surface area (Å²) in [5.41, 5.74) is 2.45. The minimum Gasteiger partial charge on any atom is -0.465 e. The van der Waals surface area contributed by atoms with E-state index in [-0.39, 0.29) is 36.6 Å². The van der Waals surface area contributed by atoms with Crippen LogP contribution < -0.4 is 0 Å². The van der Waals surface area contributed by atoms with Gasteiger partial charge in [-0.15, -0.1) is 0 Å². The molecule has 2 bridgehead atoms. The van der Waals surface area contributed by atoms with Crippen molar-refractivity contribution in [2.24, 2.45) is 11.8 Å². The van der Waals surface area contributed by atoms with E-state index >= 15 is 0 Å². The number of ether oxygens (including phenoxy) is 2. The van der Waals surface area contributed by atoms with Gasteiger partial charge in [-0.3, -0.25) is 4.79 Å². The van der Waals surface area contributed by atoms with Crippen LogP contribution in [0.2, 0.25) is 0 Å². The first-order valence-electron chi connectivity index (χ1n) is 5.63. The van der Waals surface area contributed by atoms with E-state index in [1.807, 2.05) is 13.8 Å². The Hall–Kier alpha value is -0.870. The van der Waals surface area contributed by atoms with Crippen LogP contribution in [-0.2, 0) is 14.3 Å². The van der Waals surface area contributed by atoms with E-state index < -0.39 is 0 Å². The number of rotatable bonds is 3. The van der Waals surface area contributed by atoms with Gasteiger partial charge in [0.1, 0.15) is 0 Å². The molecule has 0 aromatic carbocycles. The molecular weight excluding hydrogens is 208 g/mol. The Morgan fingerprint density at radius 2 is 1.88 bits per heavy atom. The van der Waals surface area contributed by atoms with Gasteiger partial charge in [0, 0.05) is 25.4 Å². The molecule has 4 nitrogen and oxygen atoms in total. The van der Waals surface area contributed by atoms with Gasteiger partial charge in [-0.25, -0.2) is 0 Å². The maximum Gasteiger partial charge on any atom is 0.302 e. The quantitative estimate of drug-likeness (QED) is 0.573. The van der Waals surface area contributed by atoms with Gasteiger partial charge >= 0.3 is 5.97 Å². The molecule has 2 aliphatic heterocycles. The molecule has 0 spiro atoms. The monoisotopic (exact) mass is 226 g/mol. The second-order valence-electron chi connectivity index (χ2n) is 4.66. The van der Waals surface area contributed by atoms with E-state index in [0.29, 0.717) is 6.61 Å². The van der Waals surface area contributed by atoms with Crippen molar-refractivity contribution in [3.8, 4) is 0 Å². The molecule has 2 heterocycles. The van der Waals surface area contributed by atoms with Crippen molar-refractivity contribution in [3.63, 3.8) is 0 Å². The standard InChI is InChI=1S/C12H18O4/c1-6-7(2)12-10(5-15-8(3)14)9(4-13)11(6)16-12/h9-13H,4-5H2,1-3H3/t9?,10?,11?,12-/m1/s1. The van der Waals surface area contributed by atoms with E-state index in [2.05, 4.69) is 0 Å². The van der Waals surface area contributed by atoms with Crippen molar-refractivity contribution in [2.45, 2.75) is 33.0 Å². The Labute approximate surface area is 95.2 Å². The van der Waals surface area contributed by atoms with Crippen molar-refractivity contribution < 1.29 is 19.4 Å². The van der Waals surface area contributed by atoms with Crippen molar-refractivity contribution >= 4 is 5.97 Å². The van der Waals surface area contributed by atoms with Crippen LogP contribution in [0.1, 0.15) is 20.8 Å². The highest BCUT2D eigenvalue weighted by Crippen LogP contribution is 2.46. The predicted molar refractivity (Wildman–Crippen MR) is 57.7 cm³/mol. The Morgan fingerprint density at radius 3 is 2.38 bits per heavy atom. The number of fused-ring (bicyclic) bond motifs is 2. The predicted octanol–water partition coefficient (Wildman–Crippen LogP) is 0.892. The molecule has 0 radical (unpaired) electrons. The van der Waals surface area contributed by atoms with E-state index in [1.165, 1.54) is 18.1 Å². The molecule has 2 aliphatic rings. The lowest BCUT2D eigenvalue weighted by Crippen LogP contribution is -2.34. The van der Waals surface area contributed by atoms with Gasteiger partial charge in [0.05, 0.1) is 18.8 Å². The molecule has 0 aliphatic carbocycles. The normalized spacial score (nSPS) is 37.0. The number of hydrogen-bond donors (Lipinski definition) is 1. The van der Waals surface area contributed by atoms with Crippen molar-refractivity contribution in [2.75, 3.05) is 13.2 Å². The Balaban J connectivity index is 2.11. The van der Waals surface area contributed by atoms with Crippen LogP contribution in [0.15, 0.2) is 11.1 Å². The summed E-state index contributed by atoms with van der Waals surface area (Å²) >= 11 is 0. The third-order valence-corrected chi connectivity index (χ3v) is 3.79. The lowest BCUT2D eigenvalue weighted by Gasteiger charge is -2.27. The molecule has 3 unspecified atom stereocenters. The highest BCUT2D eigenvalue weighted by atomic mass is 16.5. The summed E-state index contributed by atoms with van der Waals surface area (Å²) in [7, 11) is 0. The minimum absolute atomic E-state index is 0.00978. The molecule has 4 heteroatoms. The van der Waals surface area contributed by atoms with E-state index in [9.17, 15) is 9.90 Å². The van der Waals surface area contributed by atoms with Crippen molar-refractivity contribution in [3.05, 3.63) is 11.1 Å². The second-order valence-corrected chi connectivity index (χ2v) is 4.66. The second kappa shape index (κ2) is 4.18. The first-order valence-corrected chi connectivity index (χ1v) is 5.63. The van der Waals surface area contributed by atoms with Crippen LogP contribution in [0.5, 0.6) is 0 Å². The van der Waals surface area contributed by atoms with Crippen LogP contribution >= 0.6 is 0 Å². The molecule has 1 saturated heterocycles. The minimum atomic E-state index is -0.280. The number of carbonyl (C=O) groups is 1. The Kier molecular flexibility index (Phi) is 3.04. The molecule has 0 aromatic rings. The average molecular weight is 226 g/mol. The highest BCUT2D eigenvalue weighted by molar-refractivity contribution is 5.65. The molecule has 4 atom stereocenters. The van der Waals surface area contributed by atoms with Crippen LogP contribution in [0, 0.1) is 11.8 Å². The fourth-order valence-corrected chi connectivity index (χ4v) is 2.76. The number of esters is 1. The van der Waals surface area contributed by atoms with E-state index in [0.717, 1.165) is 0 Å². The number of aliphatic hydroxyl groups is 1. The van der Waals surface area contributed by atoms with Gasteiger partial charge in [0.25, 0.3) is 0 Å². The van der Waals surface area contributed by atoms with Gasteiger partial charge in [-0.2, -0.15) is 0 Å². The Morgan fingerprint density at radius 1 is 1.31 bits per heavy atom. The fraction of sp³-hybridized carbons (Fsp3) is 0.750. The number of aliphatic hydroxyl groups excluding tert-OH is 1. The number of hydrogen-bond acceptors (Lipinski definition) is 4. The lowest BCUT2D eigenvalue weighted by molar-refractivity contribution is -0.143. The summed E-state index contributed by atoms with van der Waals surface area (Å²) < 4.78 is 10.9.